The molecule has 27 heavy (non-hydrogen) atoms. The summed E-state index contributed by atoms with van der Waals surface area (Å²) in [6, 6.07) is 5.78. The molecule has 1 fully saturated rings. The Hall–Kier alpha value is -2.61. The number of nitrogens with one attached hydrogen (secondary N) is 2. The van der Waals surface area contributed by atoms with Gasteiger partial charge in [-0.25, -0.2) is 4.79 Å². The SMILES string of the molecule is CCNC(=O)[C@H](C)NC(=O)COC(=O)c1ccc(OC[C@@H]2CCCO2)cc1. The summed E-state index contributed by atoms with van der Waals surface area (Å²) in [7, 11) is 0. The highest BCUT2D eigenvalue weighted by molar-refractivity contribution is 5.92. The second-order valence-corrected chi connectivity index (χ2v) is 6.23. The molecule has 2 N–H and O–H groups in total. The lowest BCUT2D eigenvalue weighted by molar-refractivity contribution is -0.130. The number of hydrogen-bond donors (Lipinski definition) is 2. The van der Waals surface area contributed by atoms with E-state index in [-0.39, 0.29) is 12.0 Å². The van der Waals surface area contributed by atoms with E-state index in [2.05, 4.69) is 10.6 Å². The van der Waals surface area contributed by atoms with E-state index in [0.717, 1.165) is 19.4 Å². The summed E-state index contributed by atoms with van der Waals surface area (Å²) in [5.74, 6) is -0.827. The summed E-state index contributed by atoms with van der Waals surface area (Å²) in [4.78, 5) is 35.3. The van der Waals surface area contributed by atoms with E-state index in [4.69, 9.17) is 14.2 Å². The standard InChI is InChI=1S/C19H26N2O6/c1-3-20-18(23)13(2)21-17(22)12-27-19(24)14-6-8-15(9-7-14)26-11-16-5-4-10-25-16/h6-9,13,16H,3-5,10-12H2,1-2H3,(H,20,23)(H,21,22)/t13-,16-/m0/s1. The molecule has 8 nitrogen and oxygen atoms in total. The van der Waals surface area contributed by atoms with Gasteiger partial charge < -0.3 is 24.8 Å². The zero-order valence-corrected chi connectivity index (χ0v) is 15.7. The van der Waals surface area contributed by atoms with E-state index in [9.17, 15) is 14.4 Å². The maximum absolute atomic E-state index is 12.0. The Morgan fingerprint density at radius 2 is 2.00 bits per heavy atom. The molecular formula is C19H26N2O6. The van der Waals surface area contributed by atoms with Crippen LogP contribution in [0.2, 0.25) is 0 Å². The normalized spacial score (nSPS) is 17.0. The quantitative estimate of drug-likeness (QED) is 0.623. The van der Waals surface area contributed by atoms with Crippen LogP contribution >= 0.6 is 0 Å². The molecule has 1 aliphatic rings. The number of ether oxygens (including phenoxy) is 3. The number of carbonyl (C=O) groups excluding carboxylic acids is 3. The third-order valence-corrected chi connectivity index (χ3v) is 4.01. The third-order valence-electron chi connectivity index (χ3n) is 4.01. The van der Waals surface area contributed by atoms with Crippen molar-refractivity contribution in [1.29, 1.82) is 0 Å². The van der Waals surface area contributed by atoms with E-state index in [1.165, 1.54) is 0 Å². The van der Waals surface area contributed by atoms with Crippen LogP contribution in [0.5, 0.6) is 5.75 Å². The van der Waals surface area contributed by atoms with Gasteiger partial charge >= 0.3 is 5.97 Å². The van der Waals surface area contributed by atoms with Crippen molar-refractivity contribution >= 4 is 17.8 Å². The lowest BCUT2D eigenvalue weighted by Crippen LogP contribution is -2.46. The average Bonchev–Trinajstić information content (AvgIpc) is 3.18. The van der Waals surface area contributed by atoms with E-state index in [0.29, 0.717) is 24.5 Å². The number of hydrogen-bond acceptors (Lipinski definition) is 6. The van der Waals surface area contributed by atoms with Gasteiger partial charge in [-0.1, -0.05) is 0 Å². The van der Waals surface area contributed by atoms with Gasteiger partial charge in [-0.15, -0.1) is 0 Å². The van der Waals surface area contributed by atoms with Gasteiger partial charge in [0.2, 0.25) is 5.91 Å². The third kappa shape index (κ3) is 6.90. The fourth-order valence-electron chi connectivity index (χ4n) is 2.54. The summed E-state index contributed by atoms with van der Waals surface area (Å²) >= 11 is 0. The van der Waals surface area contributed by atoms with Crippen LogP contribution < -0.4 is 15.4 Å². The Morgan fingerprint density at radius 3 is 2.63 bits per heavy atom. The summed E-state index contributed by atoms with van der Waals surface area (Å²) in [6.07, 6.45) is 2.16. The first-order valence-electron chi connectivity index (χ1n) is 9.08. The molecule has 0 radical (unpaired) electrons. The molecule has 148 valence electrons. The number of rotatable bonds is 9. The maximum Gasteiger partial charge on any atom is 0.338 e. The fourth-order valence-corrected chi connectivity index (χ4v) is 2.54. The van der Waals surface area contributed by atoms with Crippen molar-refractivity contribution < 1.29 is 28.6 Å². The van der Waals surface area contributed by atoms with Gasteiger partial charge in [-0.2, -0.15) is 0 Å². The number of benzene rings is 1. The van der Waals surface area contributed by atoms with Crippen molar-refractivity contribution in [3.63, 3.8) is 0 Å². The summed E-state index contributed by atoms with van der Waals surface area (Å²) in [5.41, 5.74) is 0.309. The van der Waals surface area contributed by atoms with E-state index < -0.39 is 24.5 Å². The molecule has 1 aliphatic heterocycles. The van der Waals surface area contributed by atoms with Crippen LogP contribution in [-0.4, -0.2) is 56.3 Å². The molecule has 2 rings (SSSR count). The number of carbonyl (C=O) groups is 3. The Morgan fingerprint density at radius 1 is 1.26 bits per heavy atom. The molecule has 2 atom stereocenters. The van der Waals surface area contributed by atoms with Crippen LogP contribution in [0.4, 0.5) is 0 Å². The van der Waals surface area contributed by atoms with Crippen LogP contribution in [0, 0.1) is 0 Å². The number of esters is 1. The highest BCUT2D eigenvalue weighted by Gasteiger charge is 2.17. The lowest BCUT2D eigenvalue weighted by Gasteiger charge is -2.13. The minimum Gasteiger partial charge on any atom is -0.491 e. The van der Waals surface area contributed by atoms with Crippen molar-refractivity contribution in [2.45, 2.75) is 38.8 Å². The fraction of sp³-hybridized carbons (Fsp3) is 0.526. The molecule has 0 aliphatic carbocycles. The molecular weight excluding hydrogens is 352 g/mol. The van der Waals surface area contributed by atoms with Gasteiger partial charge in [0.15, 0.2) is 6.61 Å². The summed E-state index contributed by atoms with van der Waals surface area (Å²) in [6.45, 7) is 4.61. The van der Waals surface area contributed by atoms with Crippen LogP contribution in [0.1, 0.15) is 37.0 Å². The number of amides is 2. The van der Waals surface area contributed by atoms with Crippen molar-refractivity contribution in [3.8, 4) is 5.75 Å². The minimum atomic E-state index is -0.698. The average molecular weight is 378 g/mol. The zero-order chi connectivity index (χ0) is 19.6. The molecule has 2 amide bonds. The minimum absolute atomic E-state index is 0.120. The van der Waals surface area contributed by atoms with Gasteiger partial charge in [0.1, 0.15) is 18.4 Å². The van der Waals surface area contributed by atoms with Gasteiger partial charge in [-0.3, -0.25) is 9.59 Å². The molecule has 0 saturated carbocycles. The van der Waals surface area contributed by atoms with Crippen molar-refractivity contribution in [2.75, 3.05) is 26.4 Å². The topological polar surface area (TPSA) is 103 Å². The van der Waals surface area contributed by atoms with E-state index in [1.54, 1.807) is 38.1 Å². The predicted molar refractivity (Wildman–Crippen MR) is 97.5 cm³/mol. The van der Waals surface area contributed by atoms with Gasteiger partial charge in [0, 0.05) is 13.2 Å². The Labute approximate surface area is 158 Å². The smallest absolute Gasteiger partial charge is 0.338 e. The maximum atomic E-state index is 12.0. The van der Waals surface area contributed by atoms with Gasteiger partial charge in [0.05, 0.1) is 11.7 Å². The Bertz CT molecular complexity index is 640. The first-order chi connectivity index (χ1) is 13.0. The van der Waals surface area contributed by atoms with Crippen LogP contribution in [-0.2, 0) is 19.1 Å². The van der Waals surface area contributed by atoms with Gasteiger partial charge in [0.25, 0.3) is 5.91 Å². The molecule has 0 unspecified atom stereocenters. The van der Waals surface area contributed by atoms with Crippen LogP contribution in [0.15, 0.2) is 24.3 Å². The van der Waals surface area contributed by atoms with Crippen molar-refractivity contribution in [2.24, 2.45) is 0 Å². The summed E-state index contributed by atoms with van der Waals surface area (Å²) in [5, 5.41) is 5.06. The van der Waals surface area contributed by atoms with Crippen molar-refractivity contribution in [3.05, 3.63) is 29.8 Å². The first-order valence-corrected chi connectivity index (χ1v) is 9.08. The second-order valence-electron chi connectivity index (χ2n) is 6.23. The largest absolute Gasteiger partial charge is 0.491 e. The predicted octanol–water partition coefficient (Wildman–Crippen LogP) is 1.04. The van der Waals surface area contributed by atoms with Crippen LogP contribution in [0.25, 0.3) is 0 Å². The molecule has 1 aromatic rings. The highest BCUT2D eigenvalue weighted by Crippen LogP contribution is 2.17. The molecule has 1 heterocycles. The molecule has 1 aromatic carbocycles. The zero-order valence-electron chi connectivity index (χ0n) is 15.7. The second kappa shape index (κ2) is 10.5. The Balaban J connectivity index is 1.73. The van der Waals surface area contributed by atoms with Gasteiger partial charge in [-0.05, 0) is 51.0 Å². The van der Waals surface area contributed by atoms with E-state index in [1.807, 2.05) is 0 Å². The van der Waals surface area contributed by atoms with Crippen LogP contribution in [0.3, 0.4) is 0 Å². The van der Waals surface area contributed by atoms with Crippen molar-refractivity contribution in [1.82, 2.24) is 10.6 Å². The lowest BCUT2D eigenvalue weighted by atomic mass is 10.2. The molecule has 0 bridgehead atoms. The monoisotopic (exact) mass is 378 g/mol. The summed E-state index contributed by atoms with van der Waals surface area (Å²) < 4.78 is 16.1. The molecule has 1 saturated heterocycles. The van der Waals surface area contributed by atoms with E-state index >= 15 is 0 Å². The highest BCUT2D eigenvalue weighted by atomic mass is 16.5. The Kier molecular flexibility index (Phi) is 8.06. The molecule has 8 heteroatoms. The number of likely N-dealkylation sites (N-methyl/N-ethyl adjacent to an activating group) is 1. The first kappa shape index (κ1) is 20.7. The molecule has 0 spiro atoms. The molecule has 0 aromatic heterocycles.